The Morgan fingerprint density at radius 3 is 2.37 bits per heavy atom. The van der Waals surface area contributed by atoms with Gasteiger partial charge in [0.15, 0.2) is 0 Å². The first-order chi connectivity index (χ1) is 9.03. The van der Waals surface area contributed by atoms with Gasteiger partial charge in [0.2, 0.25) is 7.37 Å². The molecule has 0 spiro atoms. The van der Waals surface area contributed by atoms with Crippen molar-refractivity contribution in [3.63, 3.8) is 0 Å². The van der Waals surface area contributed by atoms with Crippen LogP contribution in [0.15, 0.2) is 42.5 Å². The highest BCUT2D eigenvalue weighted by atomic mass is 31.2. The number of ether oxygens (including phenoxy) is 1. The molecule has 0 N–H and O–H groups in total. The summed E-state index contributed by atoms with van der Waals surface area (Å²) in [7, 11) is -3.11. The summed E-state index contributed by atoms with van der Waals surface area (Å²) in [4.78, 5) is 11.6. The summed E-state index contributed by atoms with van der Waals surface area (Å²) in [5.41, 5.74) is 0.169. The minimum Gasteiger partial charge on any atom is -0.463 e. The second-order valence-corrected chi connectivity index (χ2v) is 6.35. The molecule has 0 aliphatic rings. The van der Waals surface area contributed by atoms with Gasteiger partial charge in [-0.25, -0.2) is 4.79 Å². The lowest BCUT2D eigenvalue weighted by Crippen LogP contribution is -2.16. The quantitative estimate of drug-likeness (QED) is 0.438. The molecule has 0 aliphatic carbocycles. The van der Waals surface area contributed by atoms with Gasteiger partial charge in [-0.3, -0.25) is 4.57 Å². The van der Waals surface area contributed by atoms with Gasteiger partial charge in [-0.15, -0.1) is 0 Å². The maximum atomic E-state index is 12.8. The first-order valence-corrected chi connectivity index (χ1v) is 7.98. The molecule has 104 valence electrons. The number of benzene rings is 1. The van der Waals surface area contributed by atoms with Gasteiger partial charge in [-0.05, 0) is 26.0 Å². The molecule has 1 atom stereocenters. The van der Waals surface area contributed by atoms with Crippen LogP contribution in [0.3, 0.4) is 0 Å². The van der Waals surface area contributed by atoms with Crippen molar-refractivity contribution in [1.29, 1.82) is 0 Å². The molecule has 0 fully saturated rings. The van der Waals surface area contributed by atoms with E-state index in [1.54, 1.807) is 38.1 Å². The second-order valence-electron chi connectivity index (χ2n) is 3.91. The number of esters is 1. The van der Waals surface area contributed by atoms with Gasteiger partial charge in [0, 0.05) is 10.9 Å². The van der Waals surface area contributed by atoms with E-state index in [1.165, 1.54) is 0 Å². The summed E-state index contributed by atoms with van der Waals surface area (Å²) >= 11 is 0. The summed E-state index contributed by atoms with van der Waals surface area (Å²) in [6.45, 7) is 7.69. The molecule has 1 rings (SSSR count). The molecule has 0 bridgehead atoms. The van der Waals surface area contributed by atoms with Crippen LogP contribution in [-0.4, -0.2) is 25.3 Å². The molecule has 0 amide bonds. The van der Waals surface area contributed by atoms with Crippen molar-refractivity contribution in [2.75, 3.05) is 19.4 Å². The topological polar surface area (TPSA) is 52.6 Å². The molecule has 0 radical (unpaired) electrons. The van der Waals surface area contributed by atoms with E-state index < -0.39 is 13.3 Å². The van der Waals surface area contributed by atoms with E-state index in [2.05, 4.69) is 6.58 Å². The van der Waals surface area contributed by atoms with Crippen LogP contribution in [0.4, 0.5) is 0 Å². The highest BCUT2D eigenvalue weighted by molar-refractivity contribution is 7.67. The Hall–Kier alpha value is -1.38. The Balaban J connectivity index is 2.92. The van der Waals surface area contributed by atoms with Crippen LogP contribution in [0, 0.1) is 0 Å². The van der Waals surface area contributed by atoms with Crippen LogP contribution >= 0.6 is 7.37 Å². The molecule has 0 saturated heterocycles. The molecule has 4 nitrogen and oxygen atoms in total. The van der Waals surface area contributed by atoms with Crippen LogP contribution < -0.4 is 5.30 Å². The number of hydrogen-bond acceptors (Lipinski definition) is 4. The lowest BCUT2D eigenvalue weighted by atomic mass is 10.3. The van der Waals surface area contributed by atoms with Gasteiger partial charge >= 0.3 is 5.97 Å². The summed E-state index contributed by atoms with van der Waals surface area (Å²) in [5, 5.41) is 0.585. The average Bonchev–Trinajstić information content (AvgIpc) is 2.40. The molecule has 0 saturated carbocycles. The van der Waals surface area contributed by atoms with Gasteiger partial charge < -0.3 is 9.26 Å². The van der Waals surface area contributed by atoms with E-state index >= 15 is 0 Å². The molecule has 1 aromatic carbocycles. The van der Waals surface area contributed by atoms with E-state index in [1.807, 2.05) is 6.07 Å². The Morgan fingerprint density at radius 1 is 1.21 bits per heavy atom. The van der Waals surface area contributed by atoms with Gasteiger partial charge in [-0.2, -0.15) is 0 Å². The fourth-order valence-electron chi connectivity index (χ4n) is 1.62. The largest absolute Gasteiger partial charge is 0.463 e. The third-order valence-corrected chi connectivity index (χ3v) is 5.01. The average molecular weight is 282 g/mol. The lowest BCUT2D eigenvalue weighted by Gasteiger charge is -2.18. The van der Waals surface area contributed by atoms with Crippen molar-refractivity contribution in [2.45, 2.75) is 13.8 Å². The van der Waals surface area contributed by atoms with Crippen molar-refractivity contribution in [2.24, 2.45) is 0 Å². The Bertz CT molecular complexity index is 481. The predicted octanol–water partition coefficient (Wildman–Crippen LogP) is 2.75. The van der Waals surface area contributed by atoms with E-state index in [4.69, 9.17) is 9.26 Å². The molecular formula is C14H19O4P. The molecule has 1 unspecified atom stereocenters. The maximum absolute atomic E-state index is 12.8. The Morgan fingerprint density at radius 2 is 1.84 bits per heavy atom. The van der Waals surface area contributed by atoms with E-state index in [9.17, 15) is 9.36 Å². The molecular weight excluding hydrogens is 263 g/mol. The standard InChI is InChI=1S/C14H19O4P/c1-4-17-14(15)12(3)11-19(16,18-5-2)13-9-7-6-8-10-13/h6-10H,3-5,11H2,1-2H3. The van der Waals surface area contributed by atoms with E-state index in [0.717, 1.165) is 0 Å². The summed E-state index contributed by atoms with van der Waals surface area (Å²) in [6.07, 6.45) is -0.0241. The zero-order chi connectivity index (χ0) is 14.3. The van der Waals surface area contributed by atoms with Crippen LogP contribution in [0.5, 0.6) is 0 Å². The van der Waals surface area contributed by atoms with Gasteiger partial charge in [-0.1, -0.05) is 24.8 Å². The van der Waals surface area contributed by atoms with Crippen LogP contribution in [0.1, 0.15) is 13.8 Å². The fraction of sp³-hybridized carbons (Fsp3) is 0.357. The zero-order valence-corrected chi connectivity index (χ0v) is 12.2. The smallest absolute Gasteiger partial charge is 0.333 e. The molecule has 19 heavy (non-hydrogen) atoms. The fourth-order valence-corrected chi connectivity index (χ4v) is 3.72. The molecule has 5 heteroatoms. The van der Waals surface area contributed by atoms with Crippen LogP contribution in [0.25, 0.3) is 0 Å². The summed E-state index contributed by atoms with van der Waals surface area (Å²) in [6, 6.07) is 8.87. The molecule has 0 aliphatic heterocycles. The predicted molar refractivity (Wildman–Crippen MR) is 75.9 cm³/mol. The van der Waals surface area contributed by atoms with Crippen molar-refractivity contribution in [1.82, 2.24) is 0 Å². The number of carbonyl (C=O) groups is 1. The second kappa shape index (κ2) is 7.27. The minimum atomic E-state index is -3.11. The zero-order valence-electron chi connectivity index (χ0n) is 11.3. The van der Waals surface area contributed by atoms with Crippen molar-refractivity contribution >= 4 is 18.6 Å². The first-order valence-electron chi connectivity index (χ1n) is 6.17. The van der Waals surface area contributed by atoms with E-state index in [-0.39, 0.29) is 18.3 Å². The minimum absolute atomic E-state index is 0.0241. The van der Waals surface area contributed by atoms with Crippen molar-refractivity contribution < 1.29 is 18.6 Å². The third-order valence-electron chi connectivity index (χ3n) is 2.45. The monoisotopic (exact) mass is 282 g/mol. The summed E-state index contributed by atoms with van der Waals surface area (Å²) in [5.74, 6) is -0.529. The number of carbonyl (C=O) groups excluding carboxylic acids is 1. The first kappa shape index (κ1) is 15.7. The lowest BCUT2D eigenvalue weighted by molar-refractivity contribution is -0.138. The third kappa shape index (κ3) is 4.34. The maximum Gasteiger partial charge on any atom is 0.333 e. The highest BCUT2D eigenvalue weighted by Crippen LogP contribution is 2.47. The normalized spacial score (nSPS) is 13.6. The van der Waals surface area contributed by atoms with Crippen LogP contribution in [0.2, 0.25) is 0 Å². The summed E-state index contributed by atoms with van der Waals surface area (Å²) < 4.78 is 23.1. The van der Waals surface area contributed by atoms with Crippen molar-refractivity contribution in [3.05, 3.63) is 42.5 Å². The SMILES string of the molecule is C=C(CP(=O)(OCC)c1ccccc1)C(=O)OCC. The molecule has 1 aromatic rings. The van der Waals surface area contributed by atoms with Gasteiger partial charge in [0.25, 0.3) is 0 Å². The highest BCUT2D eigenvalue weighted by Gasteiger charge is 2.28. The Labute approximate surface area is 113 Å². The van der Waals surface area contributed by atoms with E-state index in [0.29, 0.717) is 11.9 Å². The van der Waals surface area contributed by atoms with Crippen molar-refractivity contribution in [3.8, 4) is 0 Å². The molecule has 0 heterocycles. The van der Waals surface area contributed by atoms with Gasteiger partial charge in [0.05, 0.1) is 19.4 Å². The van der Waals surface area contributed by atoms with Crippen LogP contribution in [-0.2, 0) is 18.6 Å². The number of hydrogen-bond donors (Lipinski definition) is 0. The van der Waals surface area contributed by atoms with Gasteiger partial charge in [0.1, 0.15) is 0 Å². The Kier molecular flexibility index (Phi) is 6.00. The number of rotatable bonds is 7. The molecule has 0 aromatic heterocycles.